The molecule has 3 heteroatoms. The number of carbonyl (C=O) groups is 1. The summed E-state index contributed by atoms with van der Waals surface area (Å²) in [5.41, 5.74) is 2.93. The van der Waals surface area contributed by atoms with E-state index in [1.165, 1.54) is 6.08 Å². The quantitative estimate of drug-likeness (QED) is 0.642. The Bertz CT molecular complexity index is 764. The Hall–Kier alpha value is -2.83. The zero-order chi connectivity index (χ0) is 14.7. The first kappa shape index (κ1) is 13.2. The van der Waals surface area contributed by atoms with Crippen molar-refractivity contribution in [2.45, 2.75) is 6.29 Å². The van der Waals surface area contributed by atoms with Gasteiger partial charge in [0.1, 0.15) is 0 Å². The maximum absolute atomic E-state index is 11.1. The highest BCUT2D eigenvalue weighted by Crippen LogP contribution is 2.25. The average molecular weight is 276 g/mol. The number of esters is 1. The lowest BCUT2D eigenvalue weighted by atomic mass is 10.0. The average Bonchev–Trinajstić information content (AvgIpc) is 2.85. The van der Waals surface area contributed by atoms with Gasteiger partial charge in [0.25, 0.3) is 0 Å². The van der Waals surface area contributed by atoms with Crippen molar-refractivity contribution in [2.75, 3.05) is 0 Å². The lowest BCUT2D eigenvalue weighted by Crippen LogP contribution is -2.09. The van der Waals surface area contributed by atoms with E-state index < -0.39 is 12.3 Å². The summed E-state index contributed by atoms with van der Waals surface area (Å²) in [5, 5.41) is 9.66. The molecule has 1 unspecified atom stereocenters. The van der Waals surface area contributed by atoms with Gasteiger partial charge >= 0.3 is 5.97 Å². The number of cyclic esters (lactones) is 1. The van der Waals surface area contributed by atoms with E-state index >= 15 is 0 Å². The van der Waals surface area contributed by atoms with Crippen molar-refractivity contribution in [1.29, 1.82) is 0 Å². The summed E-state index contributed by atoms with van der Waals surface area (Å²) in [7, 11) is 0. The van der Waals surface area contributed by atoms with Crippen LogP contribution < -0.4 is 0 Å². The van der Waals surface area contributed by atoms with Gasteiger partial charge < -0.3 is 9.84 Å². The highest BCUT2D eigenvalue weighted by molar-refractivity contribution is 5.96. The van der Waals surface area contributed by atoms with Crippen molar-refractivity contribution in [3.63, 3.8) is 0 Å². The first-order valence-electron chi connectivity index (χ1n) is 6.50. The Balaban J connectivity index is 1.90. The van der Waals surface area contributed by atoms with Gasteiger partial charge in [0.05, 0.1) is 0 Å². The Morgan fingerprint density at radius 2 is 1.67 bits per heavy atom. The molecular weight excluding hydrogens is 264 g/mol. The molecule has 2 aromatic carbocycles. The van der Waals surface area contributed by atoms with Gasteiger partial charge in [-0.15, -0.1) is 0 Å². The Morgan fingerprint density at radius 1 is 0.952 bits per heavy atom. The lowest BCUT2D eigenvalue weighted by molar-refractivity contribution is -0.149. The normalized spacial score (nSPS) is 16.7. The molecule has 1 aliphatic rings. The molecule has 102 valence electrons. The van der Waals surface area contributed by atoms with Crippen LogP contribution in [0.3, 0.4) is 0 Å². The van der Waals surface area contributed by atoms with Crippen LogP contribution in [0.15, 0.2) is 60.7 Å². The summed E-state index contributed by atoms with van der Waals surface area (Å²) in [5.74, 6) is 5.61. The minimum absolute atomic E-state index is 0.461. The second-order valence-corrected chi connectivity index (χ2v) is 4.59. The molecule has 1 heterocycles. The molecule has 2 aromatic rings. The third-order valence-electron chi connectivity index (χ3n) is 3.09. The Kier molecular flexibility index (Phi) is 3.55. The zero-order valence-corrected chi connectivity index (χ0v) is 11.1. The van der Waals surface area contributed by atoms with Crippen LogP contribution in [0.2, 0.25) is 0 Å². The van der Waals surface area contributed by atoms with Crippen molar-refractivity contribution in [3.8, 4) is 11.8 Å². The number of rotatable bonds is 1. The van der Waals surface area contributed by atoms with Gasteiger partial charge in [0.2, 0.25) is 6.29 Å². The second kappa shape index (κ2) is 5.66. The lowest BCUT2D eigenvalue weighted by Gasteiger charge is -2.07. The minimum atomic E-state index is -1.20. The van der Waals surface area contributed by atoms with Crippen LogP contribution in [-0.2, 0) is 9.53 Å². The maximum Gasteiger partial charge on any atom is 0.333 e. The van der Waals surface area contributed by atoms with Gasteiger partial charge in [0.15, 0.2) is 0 Å². The molecule has 0 bridgehead atoms. The summed E-state index contributed by atoms with van der Waals surface area (Å²) in [6.07, 6.45) is 0.101. The van der Waals surface area contributed by atoms with Crippen molar-refractivity contribution < 1.29 is 14.6 Å². The Morgan fingerprint density at radius 3 is 2.38 bits per heavy atom. The fourth-order valence-electron chi connectivity index (χ4n) is 2.07. The molecule has 1 atom stereocenters. The van der Waals surface area contributed by atoms with E-state index in [-0.39, 0.29) is 0 Å². The molecule has 3 nitrogen and oxygen atoms in total. The summed E-state index contributed by atoms with van der Waals surface area (Å²) in [6.45, 7) is 0. The number of aliphatic hydroxyl groups excluding tert-OH is 1. The van der Waals surface area contributed by atoms with Crippen molar-refractivity contribution in [3.05, 3.63) is 77.4 Å². The van der Waals surface area contributed by atoms with E-state index in [4.69, 9.17) is 0 Å². The first-order chi connectivity index (χ1) is 10.2. The summed E-state index contributed by atoms with van der Waals surface area (Å²) >= 11 is 0. The van der Waals surface area contributed by atoms with E-state index in [0.29, 0.717) is 5.57 Å². The number of aliphatic hydroxyl groups is 1. The van der Waals surface area contributed by atoms with Gasteiger partial charge in [0, 0.05) is 22.8 Å². The van der Waals surface area contributed by atoms with Crippen LogP contribution in [0.25, 0.3) is 5.57 Å². The highest BCUT2D eigenvalue weighted by Gasteiger charge is 2.24. The van der Waals surface area contributed by atoms with Crippen molar-refractivity contribution in [2.24, 2.45) is 0 Å². The molecule has 1 N–H and O–H groups in total. The molecule has 0 saturated carbocycles. The number of carbonyl (C=O) groups excluding carboxylic acids is 1. The molecule has 0 amide bonds. The van der Waals surface area contributed by atoms with Gasteiger partial charge in [-0.2, -0.15) is 0 Å². The van der Waals surface area contributed by atoms with Gasteiger partial charge in [-0.05, 0) is 29.8 Å². The first-order valence-corrected chi connectivity index (χ1v) is 6.50. The largest absolute Gasteiger partial charge is 0.428 e. The van der Waals surface area contributed by atoms with Crippen LogP contribution >= 0.6 is 0 Å². The number of hydrogen-bond acceptors (Lipinski definition) is 3. The Labute approximate surface area is 122 Å². The van der Waals surface area contributed by atoms with E-state index in [1.807, 2.05) is 54.6 Å². The minimum Gasteiger partial charge on any atom is -0.428 e. The predicted molar refractivity (Wildman–Crippen MR) is 78.9 cm³/mol. The molecule has 0 radical (unpaired) electrons. The molecular formula is C18H12O3. The van der Waals surface area contributed by atoms with Crippen molar-refractivity contribution in [1.82, 2.24) is 0 Å². The molecule has 1 aliphatic heterocycles. The van der Waals surface area contributed by atoms with E-state index in [1.54, 1.807) is 0 Å². The molecule has 3 rings (SSSR count). The second-order valence-electron chi connectivity index (χ2n) is 4.59. The fraction of sp³-hybridized carbons (Fsp3) is 0.0556. The molecule has 0 aromatic heterocycles. The molecule has 0 fully saturated rings. The van der Waals surface area contributed by atoms with Crippen LogP contribution in [0.5, 0.6) is 0 Å². The summed E-state index contributed by atoms with van der Waals surface area (Å²) in [6, 6.07) is 17.0. The van der Waals surface area contributed by atoms with Gasteiger partial charge in [-0.1, -0.05) is 42.2 Å². The van der Waals surface area contributed by atoms with Crippen LogP contribution in [0.4, 0.5) is 0 Å². The third kappa shape index (κ3) is 3.02. The number of benzene rings is 2. The standard InChI is InChI=1S/C18H12O3/c19-17-12-16(18(20)21-17)15-8-4-7-14(11-15)10-9-13-5-2-1-3-6-13/h1-8,11-12,18,20H. The van der Waals surface area contributed by atoms with E-state index in [0.717, 1.165) is 16.7 Å². The predicted octanol–water partition coefficient (Wildman–Crippen LogP) is 2.35. The van der Waals surface area contributed by atoms with Crippen LogP contribution in [0, 0.1) is 11.8 Å². The van der Waals surface area contributed by atoms with E-state index in [2.05, 4.69) is 16.6 Å². The fourth-order valence-corrected chi connectivity index (χ4v) is 2.07. The van der Waals surface area contributed by atoms with Crippen LogP contribution in [0.1, 0.15) is 16.7 Å². The number of ether oxygens (including phenoxy) is 1. The SMILES string of the molecule is O=C1C=C(c2cccc(C#Cc3ccccc3)c2)C(O)O1. The van der Waals surface area contributed by atoms with Gasteiger partial charge in [-0.3, -0.25) is 0 Å². The summed E-state index contributed by atoms with van der Waals surface area (Å²) < 4.78 is 4.69. The molecule has 0 aliphatic carbocycles. The number of hydrogen-bond donors (Lipinski definition) is 1. The van der Waals surface area contributed by atoms with Crippen LogP contribution in [-0.4, -0.2) is 17.4 Å². The topological polar surface area (TPSA) is 46.5 Å². The zero-order valence-electron chi connectivity index (χ0n) is 11.1. The third-order valence-corrected chi connectivity index (χ3v) is 3.09. The molecule has 0 saturated heterocycles. The van der Waals surface area contributed by atoms with E-state index in [9.17, 15) is 9.90 Å². The highest BCUT2D eigenvalue weighted by atomic mass is 16.6. The van der Waals surface area contributed by atoms with Gasteiger partial charge in [-0.25, -0.2) is 4.79 Å². The molecule has 0 spiro atoms. The van der Waals surface area contributed by atoms with Crippen molar-refractivity contribution >= 4 is 11.5 Å². The molecule has 21 heavy (non-hydrogen) atoms. The maximum atomic E-state index is 11.1. The summed E-state index contributed by atoms with van der Waals surface area (Å²) in [4.78, 5) is 11.1. The smallest absolute Gasteiger partial charge is 0.333 e. The monoisotopic (exact) mass is 276 g/mol.